The monoisotopic (exact) mass is 652 g/mol. The molecule has 8 rings (SSSR count). The summed E-state index contributed by atoms with van der Waals surface area (Å²) in [6, 6.07) is 62.9. The number of aromatic nitrogens is 1. The van der Waals surface area contributed by atoms with Gasteiger partial charge in [-0.3, -0.25) is 0 Å². The average molecular weight is 653 g/mol. The molecule has 0 saturated carbocycles. The fraction of sp³-hybridized carbons (Fsp3) is 0. The highest BCUT2D eigenvalue weighted by molar-refractivity contribution is 7.20. The lowest BCUT2D eigenvalue weighted by atomic mass is 10.0. The van der Waals surface area contributed by atoms with Gasteiger partial charge in [0.05, 0.1) is 40.9 Å². The molecule has 0 amide bonds. The zero-order valence-electron chi connectivity index (χ0n) is 27.0. The van der Waals surface area contributed by atoms with E-state index in [9.17, 15) is 10.5 Å². The number of fused-ring (bicyclic) bond motifs is 3. The van der Waals surface area contributed by atoms with E-state index in [1.54, 1.807) is 0 Å². The Kier molecular flexibility index (Phi) is 7.63. The molecule has 1 aromatic heterocycles. The van der Waals surface area contributed by atoms with E-state index in [2.05, 4.69) is 125 Å². The van der Waals surface area contributed by atoms with E-state index >= 15 is 0 Å². The van der Waals surface area contributed by atoms with Crippen LogP contribution in [0.1, 0.15) is 11.1 Å². The predicted molar refractivity (Wildman–Crippen MR) is 206 cm³/mol. The minimum Gasteiger partial charge on any atom is -0.309 e. The van der Waals surface area contributed by atoms with Crippen molar-refractivity contribution in [3.63, 3.8) is 0 Å². The van der Waals surface area contributed by atoms with E-state index in [-0.39, 0.29) is 0 Å². The molecule has 4 nitrogen and oxygen atoms in total. The van der Waals surface area contributed by atoms with E-state index in [4.69, 9.17) is 6.57 Å². The molecule has 7 aromatic carbocycles. The number of rotatable bonds is 6. The first-order valence-electron chi connectivity index (χ1n) is 16.3. The van der Waals surface area contributed by atoms with Crippen LogP contribution >= 0.6 is 0 Å². The third kappa shape index (κ3) is 4.80. The van der Waals surface area contributed by atoms with Crippen molar-refractivity contribution in [2.45, 2.75) is 0 Å². The summed E-state index contributed by atoms with van der Waals surface area (Å²) in [6.45, 7) is 7.64. The van der Waals surface area contributed by atoms with E-state index in [0.717, 1.165) is 43.8 Å². The zero-order chi connectivity index (χ0) is 34.1. The lowest BCUT2D eigenvalue weighted by Crippen LogP contribution is -2.75. The Morgan fingerprint density at radius 3 is 1.70 bits per heavy atom. The second-order valence-corrected chi connectivity index (χ2v) is 16.0. The highest BCUT2D eigenvalue weighted by Gasteiger charge is 2.44. The van der Waals surface area contributed by atoms with Gasteiger partial charge in [-0.25, -0.2) is 4.85 Å². The van der Waals surface area contributed by atoms with Crippen LogP contribution < -0.4 is 20.7 Å². The quantitative estimate of drug-likeness (QED) is 0.104. The van der Waals surface area contributed by atoms with Crippen LogP contribution in [-0.4, -0.2) is 12.6 Å². The third-order valence-electron chi connectivity index (χ3n) is 9.60. The summed E-state index contributed by atoms with van der Waals surface area (Å²) >= 11 is 0. The Morgan fingerprint density at radius 1 is 0.540 bits per heavy atom. The largest absolute Gasteiger partial charge is 0.309 e. The Hall–Kier alpha value is -6.97. The molecular weight excluding hydrogens is 625 g/mol. The topological polar surface area (TPSA) is 56.9 Å². The first-order chi connectivity index (χ1) is 24.7. The minimum atomic E-state index is -3.07. The molecule has 232 valence electrons. The molecule has 0 N–H and O–H groups in total. The van der Waals surface area contributed by atoms with E-state index in [1.165, 1.54) is 15.6 Å². The Morgan fingerprint density at radius 2 is 1.12 bits per heavy atom. The summed E-state index contributed by atoms with van der Waals surface area (Å²) in [4.78, 5) is 3.68. The number of hydrogen-bond donors (Lipinski definition) is 0. The summed E-state index contributed by atoms with van der Waals surface area (Å²) in [5, 5.41) is 27.0. The molecule has 8 aromatic rings. The van der Waals surface area contributed by atoms with Crippen molar-refractivity contribution in [2.75, 3.05) is 0 Å². The third-order valence-corrected chi connectivity index (χ3v) is 14.5. The van der Waals surface area contributed by atoms with Crippen LogP contribution in [0.25, 0.3) is 43.5 Å². The number of nitrogens with zero attached hydrogens (tertiary/aromatic N) is 4. The summed E-state index contributed by atoms with van der Waals surface area (Å²) in [7, 11) is -3.07. The maximum absolute atomic E-state index is 10.8. The Bertz CT molecular complexity index is 2510. The van der Waals surface area contributed by atoms with Crippen molar-refractivity contribution in [1.82, 2.24) is 4.57 Å². The highest BCUT2D eigenvalue weighted by Crippen LogP contribution is 2.36. The molecule has 0 bridgehead atoms. The molecule has 5 heteroatoms. The van der Waals surface area contributed by atoms with Crippen LogP contribution in [0, 0.1) is 29.2 Å². The first-order valence-corrected chi connectivity index (χ1v) is 18.3. The molecule has 0 aliphatic carbocycles. The standard InChI is InChI=1S/C45H28N4Si/c1-48-35-24-26-44-42(29-35)41-27-32(30-46)23-25-43(41)49(44)36-15-11-13-33(28-36)40-22-12-14-34(31-47)45(40)50(37-16-5-2-6-17-37,38-18-7-3-8-19-38)39-20-9-4-10-21-39/h2-29H. The molecule has 0 saturated heterocycles. The van der Waals surface area contributed by atoms with Gasteiger partial charge in [-0.1, -0.05) is 121 Å². The van der Waals surface area contributed by atoms with Gasteiger partial charge in [0.25, 0.3) is 0 Å². The normalized spacial score (nSPS) is 11.1. The predicted octanol–water partition coefficient (Wildman–Crippen LogP) is 8.12. The van der Waals surface area contributed by atoms with Gasteiger partial charge in [-0.15, -0.1) is 0 Å². The number of benzene rings is 7. The maximum Gasteiger partial charge on any atom is 0.188 e. The molecule has 50 heavy (non-hydrogen) atoms. The molecule has 0 aliphatic heterocycles. The van der Waals surface area contributed by atoms with Crippen molar-refractivity contribution in [2.24, 2.45) is 0 Å². The molecule has 0 radical (unpaired) electrons. The van der Waals surface area contributed by atoms with Gasteiger partial charge in [-0.2, -0.15) is 10.5 Å². The van der Waals surface area contributed by atoms with Gasteiger partial charge >= 0.3 is 0 Å². The lowest BCUT2D eigenvalue weighted by molar-refractivity contribution is 1.18. The van der Waals surface area contributed by atoms with Gasteiger partial charge in [0, 0.05) is 11.1 Å². The Labute approximate surface area is 291 Å². The van der Waals surface area contributed by atoms with Crippen LogP contribution in [0.15, 0.2) is 170 Å². The molecule has 0 atom stereocenters. The fourth-order valence-corrected chi connectivity index (χ4v) is 12.6. The van der Waals surface area contributed by atoms with E-state index in [0.29, 0.717) is 16.8 Å². The highest BCUT2D eigenvalue weighted by atomic mass is 28.3. The Balaban J connectivity index is 1.45. The summed E-state index contributed by atoms with van der Waals surface area (Å²) in [5.74, 6) is 0. The molecule has 0 unspecified atom stereocenters. The first kappa shape index (κ1) is 30.4. The van der Waals surface area contributed by atoms with Crippen LogP contribution in [0.2, 0.25) is 0 Å². The molecule has 1 heterocycles. The van der Waals surface area contributed by atoms with Crippen molar-refractivity contribution in [3.05, 3.63) is 192 Å². The number of hydrogen-bond acceptors (Lipinski definition) is 2. The van der Waals surface area contributed by atoms with Crippen LogP contribution in [-0.2, 0) is 0 Å². The summed E-state index contributed by atoms with van der Waals surface area (Å²) in [6.07, 6.45) is 0. The molecule has 0 fully saturated rings. The second-order valence-electron chi connectivity index (χ2n) is 12.2. The van der Waals surface area contributed by atoms with Gasteiger partial charge in [0.15, 0.2) is 13.8 Å². The summed E-state index contributed by atoms with van der Waals surface area (Å²) < 4.78 is 2.20. The van der Waals surface area contributed by atoms with Gasteiger partial charge in [0.1, 0.15) is 0 Å². The van der Waals surface area contributed by atoms with E-state index < -0.39 is 8.07 Å². The maximum atomic E-state index is 10.8. The van der Waals surface area contributed by atoms with Crippen molar-refractivity contribution in [3.8, 4) is 29.0 Å². The lowest BCUT2D eigenvalue weighted by Gasteiger charge is -2.36. The average Bonchev–Trinajstić information content (AvgIpc) is 3.52. The molecular formula is C45H28N4Si. The van der Waals surface area contributed by atoms with Crippen molar-refractivity contribution >= 4 is 56.3 Å². The van der Waals surface area contributed by atoms with Crippen molar-refractivity contribution in [1.29, 1.82) is 10.5 Å². The van der Waals surface area contributed by atoms with Gasteiger partial charge in [0.2, 0.25) is 0 Å². The molecule has 0 aliphatic rings. The number of nitriles is 2. The fourth-order valence-electron chi connectivity index (χ4n) is 7.53. The summed E-state index contributed by atoms with van der Waals surface area (Å²) in [5.41, 5.74) is 6.63. The smallest absolute Gasteiger partial charge is 0.188 e. The van der Waals surface area contributed by atoms with Gasteiger partial charge < -0.3 is 4.57 Å². The van der Waals surface area contributed by atoms with Crippen molar-refractivity contribution < 1.29 is 0 Å². The minimum absolute atomic E-state index is 0.551. The van der Waals surface area contributed by atoms with Gasteiger partial charge in [-0.05, 0) is 85.8 Å². The molecule has 0 spiro atoms. The zero-order valence-corrected chi connectivity index (χ0v) is 28.0. The van der Waals surface area contributed by atoms with Crippen LogP contribution in [0.4, 0.5) is 5.69 Å². The van der Waals surface area contributed by atoms with Crippen LogP contribution in [0.3, 0.4) is 0 Å². The SMILES string of the molecule is [C-]#[N+]c1ccc2c(c1)c1cc(C#N)ccc1n2-c1cccc(-c2cccc(C#N)c2[Si](c2ccccc2)(c2ccccc2)c2ccccc2)c1. The van der Waals surface area contributed by atoms with E-state index in [1.807, 2.05) is 66.7 Å². The van der Waals surface area contributed by atoms with Crippen LogP contribution in [0.5, 0.6) is 0 Å². The second kappa shape index (κ2) is 12.6.